The van der Waals surface area contributed by atoms with Crippen molar-refractivity contribution in [2.45, 2.75) is 88.1 Å². The Bertz CT molecular complexity index is 977. The molecule has 0 N–H and O–H groups in total. The van der Waals surface area contributed by atoms with E-state index in [1.54, 1.807) is 42.5 Å². The van der Waals surface area contributed by atoms with Gasteiger partial charge in [0.25, 0.3) is 0 Å². The van der Waals surface area contributed by atoms with Crippen molar-refractivity contribution in [3.63, 3.8) is 0 Å². The van der Waals surface area contributed by atoms with Crippen LogP contribution in [0.2, 0.25) is 0 Å². The molecule has 0 aromatic heterocycles. The van der Waals surface area contributed by atoms with E-state index in [-0.39, 0.29) is 12.8 Å². The normalized spacial score (nSPS) is 24.3. The molecular formula is C26H36F3NO5S. The highest BCUT2D eigenvalue weighted by Gasteiger charge is 2.58. The Balaban J connectivity index is 1.92. The first-order valence-corrected chi connectivity index (χ1v) is 14.1. The van der Waals surface area contributed by atoms with E-state index in [0.29, 0.717) is 48.6 Å². The van der Waals surface area contributed by atoms with E-state index in [9.17, 15) is 26.4 Å². The SMILES string of the molecule is CCCCCCC1(CC[C@@H]2C=CCC[C@@]2(C=O)N(Cc2ccccc2)S(=O)(=O)C(F)(F)F)OCCO1. The fourth-order valence-electron chi connectivity index (χ4n) is 5.23. The number of carbonyl (C=O) groups excluding carboxylic acids is 1. The molecular weight excluding hydrogens is 495 g/mol. The maximum atomic E-state index is 13.9. The molecule has 2 atom stereocenters. The van der Waals surface area contributed by atoms with Gasteiger partial charge in [-0.25, -0.2) is 8.42 Å². The summed E-state index contributed by atoms with van der Waals surface area (Å²) >= 11 is 0. The zero-order valence-electron chi connectivity index (χ0n) is 20.7. The van der Waals surface area contributed by atoms with Crippen molar-refractivity contribution in [2.75, 3.05) is 13.2 Å². The molecule has 202 valence electrons. The second kappa shape index (κ2) is 12.2. The van der Waals surface area contributed by atoms with Crippen molar-refractivity contribution < 1.29 is 35.9 Å². The molecule has 1 heterocycles. The maximum Gasteiger partial charge on any atom is 0.511 e. The van der Waals surface area contributed by atoms with Gasteiger partial charge in [0.1, 0.15) is 6.29 Å². The average Bonchev–Trinajstić information content (AvgIpc) is 3.33. The van der Waals surface area contributed by atoms with Crippen molar-refractivity contribution >= 4 is 16.3 Å². The number of nitrogens with zero attached hydrogens (tertiary/aromatic N) is 1. The van der Waals surface area contributed by atoms with Crippen LogP contribution in [0.25, 0.3) is 0 Å². The molecule has 0 bridgehead atoms. The first-order valence-electron chi connectivity index (χ1n) is 12.6. The number of hydrogen-bond acceptors (Lipinski definition) is 5. The van der Waals surface area contributed by atoms with E-state index in [0.717, 1.165) is 25.7 Å². The van der Waals surface area contributed by atoms with Crippen LogP contribution in [0.1, 0.15) is 70.3 Å². The predicted octanol–water partition coefficient (Wildman–Crippen LogP) is 5.74. The second-order valence-corrected chi connectivity index (χ2v) is 11.4. The van der Waals surface area contributed by atoms with Crippen LogP contribution in [0.5, 0.6) is 0 Å². The molecule has 1 saturated heterocycles. The molecule has 3 rings (SSSR count). The van der Waals surface area contributed by atoms with E-state index < -0.39 is 39.3 Å². The highest BCUT2D eigenvalue weighted by molar-refractivity contribution is 7.90. The van der Waals surface area contributed by atoms with Gasteiger partial charge in [-0.05, 0) is 31.2 Å². The zero-order valence-corrected chi connectivity index (χ0v) is 21.5. The third kappa shape index (κ3) is 6.38. The monoisotopic (exact) mass is 531 g/mol. The average molecular weight is 532 g/mol. The molecule has 2 aliphatic rings. The molecule has 1 fully saturated rings. The summed E-state index contributed by atoms with van der Waals surface area (Å²) in [4.78, 5) is 12.6. The Hall–Kier alpha value is -1.75. The van der Waals surface area contributed by atoms with Gasteiger partial charge in [0.15, 0.2) is 5.79 Å². The number of unbranched alkanes of at least 4 members (excludes halogenated alkanes) is 3. The molecule has 1 aromatic carbocycles. The van der Waals surface area contributed by atoms with Gasteiger partial charge in [-0.1, -0.05) is 68.7 Å². The molecule has 0 unspecified atom stereocenters. The van der Waals surface area contributed by atoms with Gasteiger partial charge >= 0.3 is 15.5 Å². The summed E-state index contributed by atoms with van der Waals surface area (Å²) in [7, 11) is -5.81. The molecule has 36 heavy (non-hydrogen) atoms. The van der Waals surface area contributed by atoms with Crippen LogP contribution < -0.4 is 0 Å². The van der Waals surface area contributed by atoms with E-state index in [1.807, 2.05) is 0 Å². The number of ether oxygens (including phenoxy) is 2. The maximum absolute atomic E-state index is 13.9. The Morgan fingerprint density at radius 3 is 2.39 bits per heavy atom. The van der Waals surface area contributed by atoms with E-state index in [4.69, 9.17) is 9.47 Å². The number of carbonyl (C=O) groups is 1. The lowest BCUT2D eigenvalue weighted by molar-refractivity contribution is -0.171. The number of benzene rings is 1. The molecule has 1 aliphatic carbocycles. The standard InChI is InChI=1S/C26H36F3NO5S/c1-2-3-4-9-16-25(34-18-19-35-25)17-14-23-13-8-10-15-24(23,21-31)30(36(32,33)26(27,28)29)20-22-11-6-5-7-12-22/h5-8,11-13,21,23H,2-4,9-10,14-20H2,1H3/t23-,24-/m0/s1. The van der Waals surface area contributed by atoms with Gasteiger partial charge in [0.05, 0.1) is 18.8 Å². The minimum Gasteiger partial charge on any atom is -0.348 e. The van der Waals surface area contributed by atoms with Crippen molar-refractivity contribution in [1.29, 1.82) is 0 Å². The lowest BCUT2D eigenvalue weighted by atomic mass is 9.74. The number of allylic oxidation sites excluding steroid dienone is 1. The first kappa shape index (κ1) is 28.8. The smallest absolute Gasteiger partial charge is 0.348 e. The minimum atomic E-state index is -5.81. The van der Waals surface area contributed by atoms with E-state index in [1.165, 1.54) is 0 Å². The van der Waals surface area contributed by atoms with Crippen molar-refractivity contribution in [3.8, 4) is 0 Å². The molecule has 0 radical (unpaired) electrons. The quantitative estimate of drug-likeness (QED) is 0.185. The van der Waals surface area contributed by atoms with E-state index >= 15 is 0 Å². The van der Waals surface area contributed by atoms with Crippen LogP contribution >= 0.6 is 0 Å². The van der Waals surface area contributed by atoms with Gasteiger partial charge in [0, 0.05) is 25.3 Å². The first-order chi connectivity index (χ1) is 17.1. The molecule has 0 spiro atoms. The second-order valence-electron chi connectivity index (χ2n) is 9.58. The van der Waals surface area contributed by atoms with E-state index in [2.05, 4.69) is 6.92 Å². The van der Waals surface area contributed by atoms with Crippen LogP contribution in [0.15, 0.2) is 42.5 Å². The lowest BCUT2D eigenvalue weighted by Crippen LogP contribution is -2.60. The van der Waals surface area contributed by atoms with Crippen molar-refractivity contribution in [2.24, 2.45) is 5.92 Å². The molecule has 0 saturated carbocycles. The zero-order chi connectivity index (χ0) is 26.3. The Labute approximate surface area is 211 Å². The fourth-order valence-corrected chi connectivity index (χ4v) is 6.51. The van der Waals surface area contributed by atoms with Gasteiger partial charge < -0.3 is 14.3 Å². The Morgan fingerprint density at radius 1 is 1.08 bits per heavy atom. The topological polar surface area (TPSA) is 72.9 Å². The van der Waals surface area contributed by atoms with Gasteiger partial charge in [0.2, 0.25) is 0 Å². The van der Waals surface area contributed by atoms with Crippen LogP contribution in [0.4, 0.5) is 13.2 Å². The third-order valence-electron chi connectivity index (χ3n) is 7.20. The highest BCUT2D eigenvalue weighted by atomic mass is 32.2. The molecule has 6 nitrogen and oxygen atoms in total. The summed E-state index contributed by atoms with van der Waals surface area (Å²) in [6, 6.07) is 8.04. The Morgan fingerprint density at radius 2 is 1.78 bits per heavy atom. The minimum absolute atomic E-state index is 0.0367. The summed E-state index contributed by atoms with van der Waals surface area (Å²) in [5.74, 6) is -1.62. The third-order valence-corrected chi connectivity index (χ3v) is 8.84. The number of rotatable bonds is 13. The van der Waals surface area contributed by atoms with Gasteiger partial charge in [-0.15, -0.1) is 0 Å². The van der Waals surface area contributed by atoms with Gasteiger partial charge in [-0.3, -0.25) is 0 Å². The lowest BCUT2D eigenvalue weighted by Gasteiger charge is -2.45. The van der Waals surface area contributed by atoms with Crippen molar-refractivity contribution in [3.05, 3.63) is 48.0 Å². The molecule has 1 aromatic rings. The summed E-state index contributed by atoms with van der Waals surface area (Å²) < 4.78 is 79.6. The fraction of sp³-hybridized carbons (Fsp3) is 0.654. The van der Waals surface area contributed by atoms with Gasteiger partial charge in [-0.2, -0.15) is 17.5 Å². The number of hydrogen-bond donors (Lipinski definition) is 0. The van der Waals surface area contributed by atoms with Crippen LogP contribution in [0, 0.1) is 5.92 Å². The number of sulfonamides is 1. The number of alkyl halides is 3. The number of aldehydes is 1. The summed E-state index contributed by atoms with van der Waals surface area (Å²) in [5, 5.41) is 0. The number of halogens is 3. The van der Waals surface area contributed by atoms with Crippen molar-refractivity contribution in [1.82, 2.24) is 4.31 Å². The highest BCUT2D eigenvalue weighted by Crippen LogP contribution is 2.44. The summed E-state index contributed by atoms with van der Waals surface area (Å²) in [6.07, 6.45) is 9.46. The van der Waals surface area contributed by atoms with Crippen LogP contribution in [0.3, 0.4) is 0 Å². The summed E-state index contributed by atoms with van der Waals surface area (Å²) in [6.45, 7) is 2.41. The Kier molecular flexibility index (Phi) is 9.76. The summed E-state index contributed by atoms with van der Waals surface area (Å²) in [5.41, 5.74) is -7.04. The molecule has 1 aliphatic heterocycles. The largest absolute Gasteiger partial charge is 0.511 e. The van der Waals surface area contributed by atoms with Crippen LogP contribution in [-0.4, -0.2) is 49.1 Å². The molecule has 0 amide bonds. The molecule has 10 heteroatoms. The predicted molar refractivity (Wildman–Crippen MR) is 130 cm³/mol. The van der Waals surface area contributed by atoms with Crippen LogP contribution in [-0.2, 0) is 30.8 Å².